The largest absolute Gasteiger partial charge is 0.490 e. The normalized spacial score (nSPS) is 13.2. The molecule has 0 radical (unpaired) electrons. The number of carbonyl (C=O) groups is 1. The van der Waals surface area contributed by atoms with Crippen LogP contribution in [0.4, 0.5) is 5.69 Å². The number of carbonyl (C=O) groups excluding carboxylic acids is 1. The van der Waals surface area contributed by atoms with E-state index in [0.29, 0.717) is 30.3 Å². The molecule has 0 saturated heterocycles. The average molecular weight is 355 g/mol. The maximum Gasteiger partial charge on any atom is 0.331 e. The number of fused-ring (bicyclic) bond motifs is 1. The monoisotopic (exact) mass is 355 g/mol. The number of hydrogen-bond donors (Lipinski definition) is 0. The Kier molecular flexibility index (Phi) is 5.48. The number of esters is 1. The molecule has 0 unspecified atom stereocenters. The van der Waals surface area contributed by atoms with Crippen LogP contribution in [0.1, 0.15) is 17.5 Å². The number of nitrogens with zero attached hydrogens (tertiary/aromatic N) is 1. The van der Waals surface area contributed by atoms with E-state index in [1.54, 1.807) is 24.3 Å². The molecule has 1 aliphatic heterocycles. The molecule has 0 saturated carbocycles. The van der Waals surface area contributed by atoms with Crippen molar-refractivity contribution in [2.45, 2.75) is 13.0 Å². The third-order valence-electron chi connectivity index (χ3n) is 3.71. The van der Waals surface area contributed by atoms with E-state index in [1.165, 1.54) is 18.2 Å². The molecule has 0 aliphatic carbocycles. The van der Waals surface area contributed by atoms with E-state index in [9.17, 15) is 14.9 Å². The number of hydrogen-bond acceptors (Lipinski definition) is 6. The van der Waals surface area contributed by atoms with Crippen molar-refractivity contribution in [1.29, 1.82) is 0 Å². The van der Waals surface area contributed by atoms with Gasteiger partial charge in [0.25, 0.3) is 5.69 Å². The highest BCUT2D eigenvalue weighted by atomic mass is 16.6. The summed E-state index contributed by atoms with van der Waals surface area (Å²) in [7, 11) is 0. The number of ether oxygens (including phenoxy) is 3. The summed E-state index contributed by atoms with van der Waals surface area (Å²) >= 11 is 0. The summed E-state index contributed by atoms with van der Waals surface area (Å²) in [5, 5.41) is 10.6. The fraction of sp³-hybridized carbons (Fsp3) is 0.211. The highest BCUT2D eigenvalue weighted by Crippen LogP contribution is 2.30. The van der Waals surface area contributed by atoms with Crippen molar-refractivity contribution in [1.82, 2.24) is 0 Å². The van der Waals surface area contributed by atoms with E-state index < -0.39 is 10.9 Å². The van der Waals surface area contributed by atoms with E-state index in [4.69, 9.17) is 14.2 Å². The molecule has 0 bridgehead atoms. The molecular formula is C19H17NO6. The number of nitro groups is 1. The highest BCUT2D eigenvalue weighted by Gasteiger charge is 2.10. The summed E-state index contributed by atoms with van der Waals surface area (Å²) in [6, 6.07) is 11.3. The quantitative estimate of drug-likeness (QED) is 0.353. The molecule has 0 aromatic heterocycles. The fourth-order valence-corrected chi connectivity index (χ4v) is 2.36. The first kappa shape index (κ1) is 17.5. The lowest BCUT2D eigenvalue weighted by atomic mass is 10.2. The Morgan fingerprint density at radius 3 is 2.58 bits per heavy atom. The minimum Gasteiger partial charge on any atom is -0.490 e. The Balaban J connectivity index is 1.56. The van der Waals surface area contributed by atoms with Gasteiger partial charge in [0.1, 0.15) is 6.61 Å². The molecule has 2 aromatic carbocycles. The van der Waals surface area contributed by atoms with Crippen LogP contribution in [0, 0.1) is 10.1 Å². The summed E-state index contributed by atoms with van der Waals surface area (Å²) < 4.78 is 16.3. The van der Waals surface area contributed by atoms with Gasteiger partial charge >= 0.3 is 5.97 Å². The topological polar surface area (TPSA) is 87.9 Å². The third-order valence-corrected chi connectivity index (χ3v) is 3.71. The highest BCUT2D eigenvalue weighted by molar-refractivity contribution is 5.87. The smallest absolute Gasteiger partial charge is 0.331 e. The van der Waals surface area contributed by atoms with Crippen molar-refractivity contribution in [3.05, 3.63) is 69.8 Å². The molecule has 2 aromatic rings. The second-order valence-corrected chi connectivity index (χ2v) is 5.62. The summed E-state index contributed by atoms with van der Waals surface area (Å²) in [5.74, 6) is 0.847. The van der Waals surface area contributed by atoms with Crippen molar-refractivity contribution < 1.29 is 23.9 Å². The number of benzene rings is 2. The molecule has 0 amide bonds. The molecule has 7 heteroatoms. The predicted octanol–water partition coefficient (Wildman–Crippen LogP) is 3.51. The maximum absolute atomic E-state index is 11.8. The van der Waals surface area contributed by atoms with Gasteiger partial charge in [0.05, 0.1) is 18.1 Å². The third kappa shape index (κ3) is 4.60. The van der Waals surface area contributed by atoms with Crippen LogP contribution in [0.5, 0.6) is 11.5 Å². The number of rotatable bonds is 5. The molecule has 1 heterocycles. The lowest BCUT2D eigenvalue weighted by Crippen LogP contribution is -2.01. The van der Waals surface area contributed by atoms with E-state index in [0.717, 1.165) is 12.0 Å². The molecule has 7 nitrogen and oxygen atoms in total. The zero-order chi connectivity index (χ0) is 18.4. The van der Waals surface area contributed by atoms with E-state index in [1.807, 2.05) is 12.1 Å². The van der Waals surface area contributed by atoms with Gasteiger partial charge in [0.2, 0.25) is 0 Å². The van der Waals surface area contributed by atoms with Crippen molar-refractivity contribution in [2.75, 3.05) is 13.2 Å². The van der Waals surface area contributed by atoms with Crippen LogP contribution in [-0.4, -0.2) is 24.1 Å². The summed E-state index contributed by atoms with van der Waals surface area (Å²) in [4.78, 5) is 22.0. The van der Waals surface area contributed by atoms with Crippen LogP contribution in [0.15, 0.2) is 48.5 Å². The minimum absolute atomic E-state index is 0.00520. The van der Waals surface area contributed by atoms with E-state index in [-0.39, 0.29) is 12.3 Å². The molecular weight excluding hydrogens is 338 g/mol. The van der Waals surface area contributed by atoms with Crippen molar-refractivity contribution in [3.8, 4) is 11.5 Å². The summed E-state index contributed by atoms with van der Waals surface area (Å²) in [6.07, 6.45) is 3.78. The summed E-state index contributed by atoms with van der Waals surface area (Å²) in [5.41, 5.74) is 1.46. The van der Waals surface area contributed by atoms with E-state index in [2.05, 4.69) is 0 Å². The fourth-order valence-electron chi connectivity index (χ4n) is 2.36. The molecule has 0 N–H and O–H groups in total. The van der Waals surface area contributed by atoms with Gasteiger partial charge in [0, 0.05) is 24.6 Å². The zero-order valence-corrected chi connectivity index (χ0v) is 13.9. The molecule has 0 atom stereocenters. The second kappa shape index (κ2) is 8.15. The van der Waals surface area contributed by atoms with Gasteiger partial charge in [-0.15, -0.1) is 0 Å². The van der Waals surface area contributed by atoms with Crippen molar-refractivity contribution in [2.24, 2.45) is 0 Å². The average Bonchev–Trinajstić information content (AvgIpc) is 2.90. The molecule has 134 valence electrons. The van der Waals surface area contributed by atoms with Gasteiger partial charge in [-0.2, -0.15) is 0 Å². The van der Waals surface area contributed by atoms with Crippen LogP contribution in [0.25, 0.3) is 6.08 Å². The molecule has 1 aliphatic rings. The molecule has 0 fully saturated rings. The summed E-state index contributed by atoms with van der Waals surface area (Å²) in [6.45, 7) is 1.26. The van der Waals surface area contributed by atoms with Crippen LogP contribution >= 0.6 is 0 Å². The Hall–Kier alpha value is -3.35. The first-order valence-corrected chi connectivity index (χ1v) is 8.09. The number of non-ortho nitro benzene ring substituents is 1. The van der Waals surface area contributed by atoms with Gasteiger partial charge in [-0.3, -0.25) is 10.1 Å². The standard InChI is InChI=1S/C19H17NO6/c21-19(26-13-15-2-6-16(7-3-15)20(22)23)9-5-14-4-8-17-18(12-14)25-11-1-10-24-17/h2-9,12H,1,10-11,13H2/b9-5+. The minimum atomic E-state index is -0.504. The Morgan fingerprint density at radius 2 is 1.85 bits per heavy atom. The molecule has 3 rings (SSSR count). The van der Waals surface area contributed by atoms with Gasteiger partial charge in [0.15, 0.2) is 11.5 Å². The molecule has 26 heavy (non-hydrogen) atoms. The predicted molar refractivity (Wildman–Crippen MR) is 94.0 cm³/mol. The van der Waals surface area contributed by atoms with Crippen LogP contribution in [0.2, 0.25) is 0 Å². The van der Waals surface area contributed by atoms with Gasteiger partial charge in [-0.1, -0.05) is 6.07 Å². The SMILES string of the molecule is O=C(/C=C/c1ccc2c(c1)OCCCO2)OCc1ccc([N+](=O)[O-])cc1. The lowest BCUT2D eigenvalue weighted by Gasteiger charge is -2.07. The van der Waals surface area contributed by atoms with E-state index >= 15 is 0 Å². The number of nitro benzene ring substituents is 1. The van der Waals surface area contributed by atoms with Crippen LogP contribution < -0.4 is 9.47 Å². The van der Waals surface area contributed by atoms with Crippen LogP contribution in [-0.2, 0) is 16.1 Å². The van der Waals surface area contributed by atoms with Gasteiger partial charge in [-0.05, 0) is 41.5 Å². The van der Waals surface area contributed by atoms with Crippen LogP contribution in [0.3, 0.4) is 0 Å². The Morgan fingerprint density at radius 1 is 1.12 bits per heavy atom. The Labute approximate surface area is 150 Å². The van der Waals surface area contributed by atoms with Crippen molar-refractivity contribution in [3.63, 3.8) is 0 Å². The first-order valence-electron chi connectivity index (χ1n) is 8.09. The zero-order valence-electron chi connectivity index (χ0n) is 13.9. The Bertz CT molecular complexity index is 828. The van der Waals surface area contributed by atoms with Crippen molar-refractivity contribution >= 4 is 17.7 Å². The van der Waals surface area contributed by atoms with Gasteiger partial charge < -0.3 is 14.2 Å². The molecule has 0 spiro atoms. The maximum atomic E-state index is 11.8. The lowest BCUT2D eigenvalue weighted by molar-refractivity contribution is -0.384. The van der Waals surface area contributed by atoms with Gasteiger partial charge in [-0.25, -0.2) is 4.79 Å². The first-order chi connectivity index (χ1) is 12.6. The second-order valence-electron chi connectivity index (χ2n) is 5.62.